The molecule has 3 amide bonds. The van der Waals surface area contributed by atoms with Gasteiger partial charge in [0.2, 0.25) is 21.8 Å². The van der Waals surface area contributed by atoms with E-state index in [0.29, 0.717) is 10.7 Å². The fourth-order valence-corrected chi connectivity index (χ4v) is 8.77. The van der Waals surface area contributed by atoms with Crippen LogP contribution in [0.4, 0.5) is 0 Å². The molecule has 3 unspecified atom stereocenters. The number of nitrogens with zero attached hydrogens (tertiary/aromatic N) is 3. The molecule has 4 atom stereocenters. The average Bonchev–Trinajstić information content (AvgIpc) is 3.42. The number of amides is 3. The standard InChI is InChI=1S/C31H35Cl2N5O6S/c1-30(2,3)26(35-27(39)22-13-18-7-5-6-8-21(18)34-22)29(41)37-15-25-31(37,4)17-36(25)28(40)23-16-44-12-11-38(23)45(42,43)24-10-9-19(32)14-20(24)33/h5-10,13-14,23,25-26,34H,11-12,15-17H2,1-4H3,(H,35,39)/t23?,25-,26?,31?/m1/s1. The van der Waals surface area contributed by atoms with Crippen molar-refractivity contribution >= 4 is 61.8 Å². The molecule has 0 radical (unpaired) electrons. The summed E-state index contributed by atoms with van der Waals surface area (Å²) in [6, 6.07) is 11.2. The number of ether oxygens (including phenoxy) is 1. The molecule has 3 aromatic rings. The van der Waals surface area contributed by atoms with Gasteiger partial charge in [0.25, 0.3) is 5.91 Å². The number of carbonyl (C=O) groups is 3. The summed E-state index contributed by atoms with van der Waals surface area (Å²) in [5, 5.41) is 4.10. The van der Waals surface area contributed by atoms with Crippen molar-refractivity contribution in [2.24, 2.45) is 5.41 Å². The molecule has 0 bridgehead atoms. The number of sulfonamides is 1. The first-order chi connectivity index (χ1) is 21.1. The predicted molar refractivity (Wildman–Crippen MR) is 170 cm³/mol. The normalized spacial score (nSPS) is 24.4. The van der Waals surface area contributed by atoms with E-state index in [1.165, 1.54) is 18.2 Å². The van der Waals surface area contributed by atoms with Crippen LogP contribution in [-0.2, 0) is 24.3 Å². The number of piperazine rings is 1. The molecule has 0 aliphatic carbocycles. The lowest BCUT2D eigenvalue weighted by Crippen LogP contribution is -2.89. The molecule has 3 fully saturated rings. The summed E-state index contributed by atoms with van der Waals surface area (Å²) in [7, 11) is -4.14. The number of carbonyl (C=O) groups excluding carboxylic acids is 3. The molecule has 0 saturated carbocycles. The molecule has 6 rings (SSSR count). The van der Waals surface area contributed by atoms with Crippen LogP contribution in [0.2, 0.25) is 10.0 Å². The third-order valence-corrected chi connectivity index (χ3v) is 11.7. The van der Waals surface area contributed by atoms with E-state index in [1.54, 1.807) is 15.9 Å². The van der Waals surface area contributed by atoms with Crippen molar-refractivity contribution in [1.29, 1.82) is 0 Å². The Labute approximate surface area is 271 Å². The van der Waals surface area contributed by atoms with Crippen molar-refractivity contribution in [3.63, 3.8) is 0 Å². The average molecular weight is 677 g/mol. The molecule has 3 aliphatic rings. The molecule has 11 nitrogen and oxygen atoms in total. The third-order valence-electron chi connectivity index (χ3n) is 9.11. The number of rotatable bonds is 6. The molecule has 0 spiro atoms. The van der Waals surface area contributed by atoms with Gasteiger partial charge < -0.3 is 24.8 Å². The van der Waals surface area contributed by atoms with Crippen molar-refractivity contribution in [1.82, 2.24) is 24.4 Å². The molecule has 14 heteroatoms. The smallest absolute Gasteiger partial charge is 0.268 e. The SMILES string of the molecule is CC(C)(C)C(NC(=O)c1cc2ccccc2[nH]1)C(=O)N1C[C@H]2N(C(=O)C3COCCN3S(=O)(=O)c3ccc(Cl)cc3Cl)CC21C. The summed E-state index contributed by atoms with van der Waals surface area (Å²) in [5.74, 6) is -1.01. The molecule has 1 aromatic heterocycles. The minimum absolute atomic E-state index is 0.0125. The first-order valence-corrected chi connectivity index (χ1v) is 16.9. The van der Waals surface area contributed by atoms with E-state index in [4.69, 9.17) is 27.9 Å². The van der Waals surface area contributed by atoms with E-state index in [1.807, 2.05) is 52.0 Å². The van der Waals surface area contributed by atoms with Gasteiger partial charge in [-0.05, 0) is 42.7 Å². The van der Waals surface area contributed by atoms with Gasteiger partial charge in [-0.3, -0.25) is 14.4 Å². The number of para-hydroxylation sites is 1. The highest BCUT2D eigenvalue weighted by Gasteiger charge is 2.66. The first kappa shape index (κ1) is 31.8. The number of aromatic amines is 1. The molecule has 3 aliphatic heterocycles. The number of morpholine rings is 1. The van der Waals surface area contributed by atoms with Crippen LogP contribution < -0.4 is 5.32 Å². The first-order valence-electron chi connectivity index (χ1n) is 14.7. The summed E-state index contributed by atoms with van der Waals surface area (Å²) in [6.45, 7) is 8.09. The monoisotopic (exact) mass is 675 g/mol. The van der Waals surface area contributed by atoms with Gasteiger partial charge in [0.1, 0.15) is 22.7 Å². The van der Waals surface area contributed by atoms with Gasteiger partial charge in [0.15, 0.2) is 0 Å². The zero-order valence-corrected chi connectivity index (χ0v) is 27.7. The van der Waals surface area contributed by atoms with Gasteiger partial charge >= 0.3 is 0 Å². The molecule has 45 heavy (non-hydrogen) atoms. The van der Waals surface area contributed by atoms with Crippen LogP contribution >= 0.6 is 23.2 Å². The van der Waals surface area contributed by atoms with Crippen LogP contribution in [0.3, 0.4) is 0 Å². The molecule has 2 N–H and O–H groups in total. The lowest BCUT2D eigenvalue weighted by Gasteiger charge is -2.70. The number of fused-ring (bicyclic) bond motifs is 2. The Bertz CT molecular complexity index is 1770. The van der Waals surface area contributed by atoms with Crippen LogP contribution in [0, 0.1) is 5.41 Å². The molecular formula is C31H35Cl2N5O6S. The Kier molecular flexibility index (Phi) is 7.97. The lowest BCUT2D eigenvalue weighted by molar-refractivity contribution is -0.210. The number of H-pyrrole nitrogens is 1. The largest absolute Gasteiger partial charge is 0.378 e. The predicted octanol–water partition coefficient (Wildman–Crippen LogP) is 3.52. The maximum atomic E-state index is 13.9. The quantitative estimate of drug-likeness (QED) is 0.411. The molecule has 240 valence electrons. The Morgan fingerprint density at radius 1 is 1.11 bits per heavy atom. The van der Waals surface area contributed by atoms with E-state index >= 15 is 0 Å². The second-order valence-electron chi connectivity index (χ2n) is 13.1. The number of nitrogens with one attached hydrogen (secondary N) is 2. The van der Waals surface area contributed by atoms with Crippen molar-refractivity contribution in [3.05, 3.63) is 64.3 Å². The Hall–Kier alpha value is -3.16. The number of aromatic nitrogens is 1. The number of benzene rings is 2. The lowest BCUT2D eigenvalue weighted by atomic mass is 9.70. The van der Waals surface area contributed by atoms with Gasteiger partial charge in [0.05, 0.1) is 29.8 Å². The highest BCUT2D eigenvalue weighted by atomic mass is 35.5. The highest BCUT2D eigenvalue weighted by molar-refractivity contribution is 7.89. The molecular weight excluding hydrogens is 641 g/mol. The maximum absolute atomic E-state index is 13.9. The van der Waals surface area contributed by atoms with Gasteiger partial charge in [-0.15, -0.1) is 0 Å². The minimum atomic E-state index is -4.14. The van der Waals surface area contributed by atoms with Crippen LogP contribution in [0.15, 0.2) is 53.4 Å². The van der Waals surface area contributed by atoms with Crippen molar-refractivity contribution < 1.29 is 27.5 Å². The van der Waals surface area contributed by atoms with Gasteiger partial charge in [-0.1, -0.05) is 62.2 Å². The second kappa shape index (κ2) is 11.3. The van der Waals surface area contributed by atoms with E-state index in [-0.39, 0.29) is 60.6 Å². The van der Waals surface area contributed by atoms with E-state index in [0.717, 1.165) is 15.2 Å². The maximum Gasteiger partial charge on any atom is 0.268 e. The Morgan fingerprint density at radius 3 is 2.49 bits per heavy atom. The molecule has 2 aromatic carbocycles. The van der Waals surface area contributed by atoms with E-state index in [9.17, 15) is 22.8 Å². The molecule has 4 heterocycles. The summed E-state index contributed by atoms with van der Waals surface area (Å²) in [6.07, 6.45) is 0. The molecule has 3 saturated heterocycles. The summed E-state index contributed by atoms with van der Waals surface area (Å²) < 4.78 is 33.9. The highest BCUT2D eigenvalue weighted by Crippen LogP contribution is 2.46. The fraction of sp³-hybridized carbons (Fsp3) is 0.452. The van der Waals surface area contributed by atoms with Gasteiger partial charge in [0, 0.05) is 35.6 Å². The number of halogens is 2. The summed E-state index contributed by atoms with van der Waals surface area (Å²) in [5.41, 5.74) is -0.0672. The third kappa shape index (κ3) is 5.40. The fourth-order valence-electron chi connectivity index (χ4n) is 6.47. The summed E-state index contributed by atoms with van der Waals surface area (Å²) in [4.78, 5) is 47.3. The van der Waals surface area contributed by atoms with E-state index in [2.05, 4.69) is 10.3 Å². The van der Waals surface area contributed by atoms with Gasteiger partial charge in [-0.2, -0.15) is 4.31 Å². The van der Waals surface area contributed by atoms with E-state index < -0.39 is 39.0 Å². The zero-order chi connectivity index (χ0) is 32.5. The van der Waals surface area contributed by atoms with Crippen LogP contribution in [0.5, 0.6) is 0 Å². The minimum Gasteiger partial charge on any atom is -0.378 e. The summed E-state index contributed by atoms with van der Waals surface area (Å²) >= 11 is 12.2. The zero-order valence-electron chi connectivity index (χ0n) is 25.3. The van der Waals surface area contributed by atoms with Crippen molar-refractivity contribution in [2.75, 3.05) is 32.8 Å². The van der Waals surface area contributed by atoms with Crippen LogP contribution in [0.25, 0.3) is 10.9 Å². The van der Waals surface area contributed by atoms with Crippen molar-refractivity contribution in [3.8, 4) is 0 Å². The van der Waals surface area contributed by atoms with Crippen LogP contribution in [-0.4, -0.2) is 102 Å². The number of likely N-dealkylation sites (tertiary alicyclic amines) is 2. The van der Waals surface area contributed by atoms with Gasteiger partial charge in [-0.25, -0.2) is 8.42 Å². The van der Waals surface area contributed by atoms with Crippen molar-refractivity contribution in [2.45, 2.75) is 56.3 Å². The second-order valence-corrected chi connectivity index (χ2v) is 15.8. The van der Waals surface area contributed by atoms with Crippen LogP contribution in [0.1, 0.15) is 38.2 Å². The topological polar surface area (TPSA) is 132 Å². The number of hydrogen-bond acceptors (Lipinski definition) is 6. The number of hydrogen-bond donors (Lipinski definition) is 2. The Morgan fingerprint density at radius 2 is 1.84 bits per heavy atom. The Balaban J connectivity index is 1.16.